The van der Waals surface area contributed by atoms with Crippen LogP contribution in [0.2, 0.25) is 0 Å². The second-order valence-corrected chi connectivity index (χ2v) is 7.19. The van der Waals surface area contributed by atoms with Crippen LogP contribution < -0.4 is 5.32 Å². The van der Waals surface area contributed by atoms with Gasteiger partial charge in [0.2, 0.25) is 0 Å². The Hall–Kier alpha value is -1.92. The number of carbonyl (C=O) groups is 1. The van der Waals surface area contributed by atoms with Gasteiger partial charge in [0.15, 0.2) is 0 Å². The lowest BCUT2D eigenvalue weighted by molar-refractivity contribution is 0.102. The highest BCUT2D eigenvalue weighted by molar-refractivity contribution is 9.11. The Balaban J connectivity index is 1.91. The summed E-state index contributed by atoms with van der Waals surface area (Å²) in [6.07, 6.45) is 1.60. The molecular formula is C18H15Br2N3O. The van der Waals surface area contributed by atoms with Gasteiger partial charge in [-0.15, -0.1) is 0 Å². The highest BCUT2D eigenvalue weighted by atomic mass is 79.9. The summed E-state index contributed by atoms with van der Waals surface area (Å²) in [5.41, 5.74) is 4.14. The van der Waals surface area contributed by atoms with E-state index in [1.165, 1.54) is 0 Å². The summed E-state index contributed by atoms with van der Waals surface area (Å²) < 4.78 is 3.55. The first-order valence-electron chi connectivity index (χ1n) is 7.34. The molecule has 0 radical (unpaired) electrons. The summed E-state index contributed by atoms with van der Waals surface area (Å²) in [5.74, 6) is -0.185. The normalized spacial score (nSPS) is 10.7. The van der Waals surface area contributed by atoms with Crippen molar-refractivity contribution in [3.63, 3.8) is 0 Å². The summed E-state index contributed by atoms with van der Waals surface area (Å²) in [5, 5.41) is 7.30. The van der Waals surface area contributed by atoms with E-state index in [2.05, 4.69) is 42.3 Å². The van der Waals surface area contributed by atoms with E-state index in [1.807, 2.05) is 56.3 Å². The van der Waals surface area contributed by atoms with Gasteiger partial charge in [-0.1, -0.05) is 34.1 Å². The maximum atomic E-state index is 12.6. The number of para-hydroxylation sites is 1. The molecule has 0 aliphatic heterocycles. The quantitative estimate of drug-likeness (QED) is 0.593. The van der Waals surface area contributed by atoms with Gasteiger partial charge in [-0.05, 0) is 59.6 Å². The number of nitrogens with zero attached hydrogens (tertiary/aromatic N) is 2. The van der Waals surface area contributed by atoms with Crippen LogP contribution in [0.3, 0.4) is 0 Å². The van der Waals surface area contributed by atoms with E-state index in [0.717, 1.165) is 25.9 Å². The van der Waals surface area contributed by atoms with Crippen molar-refractivity contribution in [1.82, 2.24) is 9.78 Å². The van der Waals surface area contributed by atoms with Gasteiger partial charge in [0.1, 0.15) is 0 Å². The SMILES string of the molecule is Cc1ccccc1-n1ncc(C(=O)Nc2ccc(Br)cc2Br)c1C. The van der Waals surface area contributed by atoms with Crippen molar-refractivity contribution in [2.75, 3.05) is 5.32 Å². The van der Waals surface area contributed by atoms with E-state index in [0.29, 0.717) is 11.3 Å². The molecule has 122 valence electrons. The van der Waals surface area contributed by atoms with Crippen LogP contribution in [0.25, 0.3) is 5.69 Å². The number of nitrogens with one attached hydrogen (secondary N) is 1. The van der Waals surface area contributed by atoms with Gasteiger partial charge in [0, 0.05) is 8.95 Å². The van der Waals surface area contributed by atoms with Gasteiger partial charge >= 0.3 is 0 Å². The van der Waals surface area contributed by atoms with Gasteiger partial charge in [-0.3, -0.25) is 4.79 Å². The molecule has 1 heterocycles. The highest BCUT2D eigenvalue weighted by Gasteiger charge is 2.17. The van der Waals surface area contributed by atoms with Crippen LogP contribution in [0, 0.1) is 13.8 Å². The van der Waals surface area contributed by atoms with E-state index < -0.39 is 0 Å². The Morgan fingerprint density at radius 1 is 1.12 bits per heavy atom. The molecule has 24 heavy (non-hydrogen) atoms. The average molecular weight is 449 g/mol. The zero-order chi connectivity index (χ0) is 17.3. The second kappa shape index (κ2) is 6.91. The van der Waals surface area contributed by atoms with Crippen LogP contribution >= 0.6 is 31.9 Å². The maximum Gasteiger partial charge on any atom is 0.259 e. The summed E-state index contributed by atoms with van der Waals surface area (Å²) in [6, 6.07) is 13.6. The lowest BCUT2D eigenvalue weighted by atomic mass is 10.2. The Kier molecular flexibility index (Phi) is 4.87. The molecule has 4 nitrogen and oxygen atoms in total. The van der Waals surface area contributed by atoms with Crippen molar-refractivity contribution in [3.8, 4) is 5.69 Å². The molecule has 1 aromatic heterocycles. The number of aromatic nitrogens is 2. The molecular weight excluding hydrogens is 434 g/mol. The predicted molar refractivity (Wildman–Crippen MR) is 103 cm³/mol. The number of halogens is 2. The molecule has 0 aliphatic carbocycles. The number of anilines is 1. The van der Waals surface area contributed by atoms with Crippen LogP contribution in [0.5, 0.6) is 0 Å². The van der Waals surface area contributed by atoms with E-state index in [4.69, 9.17) is 0 Å². The number of hydrogen-bond donors (Lipinski definition) is 1. The van der Waals surface area contributed by atoms with Crippen LogP contribution in [-0.2, 0) is 0 Å². The third kappa shape index (κ3) is 3.30. The van der Waals surface area contributed by atoms with Crippen LogP contribution in [0.1, 0.15) is 21.6 Å². The van der Waals surface area contributed by atoms with Crippen LogP contribution in [-0.4, -0.2) is 15.7 Å². The zero-order valence-electron chi connectivity index (χ0n) is 13.2. The summed E-state index contributed by atoms with van der Waals surface area (Å²) >= 11 is 6.85. The van der Waals surface area contributed by atoms with E-state index in [1.54, 1.807) is 10.9 Å². The first kappa shape index (κ1) is 16.9. The Morgan fingerprint density at radius 2 is 1.88 bits per heavy atom. The van der Waals surface area contributed by atoms with E-state index >= 15 is 0 Å². The summed E-state index contributed by atoms with van der Waals surface area (Å²) in [7, 11) is 0. The average Bonchev–Trinajstić information content (AvgIpc) is 2.92. The molecule has 0 bridgehead atoms. The number of hydrogen-bond acceptors (Lipinski definition) is 2. The molecule has 3 aromatic rings. The fourth-order valence-corrected chi connectivity index (χ4v) is 3.60. The third-order valence-electron chi connectivity index (χ3n) is 3.78. The van der Waals surface area contributed by atoms with Crippen molar-refractivity contribution < 1.29 is 4.79 Å². The van der Waals surface area contributed by atoms with E-state index in [-0.39, 0.29) is 5.91 Å². The van der Waals surface area contributed by atoms with Crippen LogP contribution in [0.4, 0.5) is 5.69 Å². The molecule has 1 amide bonds. The maximum absolute atomic E-state index is 12.6. The number of aryl methyl sites for hydroxylation is 1. The first-order valence-corrected chi connectivity index (χ1v) is 8.93. The zero-order valence-corrected chi connectivity index (χ0v) is 16.3. The topological polar surface area (TPSA) is 46.9 Å². The van der Waals surface area contributed by atoms with Gasteiger partial charge < -0.3 is 5.32 Å². The highest BCUT2D eigenvalue weighted by Crippen LogP contribution is 2.27. The fourth-order valence-electron chi connectivity index (χ4n) is 2.46. The first-order chi connectivity index (χ1) is 11.5. The summed E-state index contributed by atoms with van der Waals surface area (Å²) in [4.78, 5) is 12.6. The number of amides is 1. The van der Waals surface area contributed by atoms with Crippen molar-refractivity contribution >= 4 is 43.5 Å². The van der Waals surface area contributed by atoms with Gasteiger partial charge in [0.05, 0.1) is 28.8 Å². The monoisotopic (exact) mass is 447 g/mol. The Labute approximate surface area is 157 Å². The molecule has 0 aliphatic rings. The fraction of sp³-hybridized carbons (Fsp3) is 0.111. The van der Waals surface area contributed by atoms with Crippen molar-refractivity contribution in [2.24, 2.45) is 0 Å². The summed E-state index contributed by atoms with van der Waals surface area (Å²) in [6.45, 7) is 3.92. The molecule has 2 aromatic carbocycles. The lowest BCUT2D eigenvalue weighted by Crippen LogP contribution is -2.13. The molecule has 0 saturated heterocycles. The van der Waals surface area contributed by atoms with Gasteiger partial charge in [0.25, 0.3) is 5.91 Å². The van der Waals surface area contributed by atoms with Gasteiger partial charge in [-0.25, -0.2) is 4.68 Å². The Morgan fingerprint density at radius 3 is 2.58 bits per heavy atom. The minimum Gasteiger partial charge on any atom is -0.321 e. The number of rotatable bonds is 3. The molecule has 0 fully saturated rings. The molecule has 0 saturated carbocycles. The van der Waals surface area contributed by atoms with Gasteiger partial charge in [-0.2, -0.15) is 5.10 Å². The molecule has 6 heteroatoms. The molecule has 0 atom stereocenters. The minimum atomic E-state index is -0.185. The third-order valence-corrected chi connectivity index (χ3v) is 4.93. The molecule has 0 spiro atoms. The minimum absolute atomic E-state index is 0.185. The molecule has 3 rings (SSSR count). The predicted octanol–water partition coefficient (Wildman–Crippen LogP) is 5.27. The van der Waals surface area contributed by atoms with Crippen molar-refractivity contribution in [2.45, 2.75) is 13.8 Å². The van der Waals surface area contributed by atoms with Crippen LogP contribution in [0.15, 0.2) is 57.6 Å². The smallest absolute Gasteiger partial charge is 0.259 e. The van der Waals surface area contributed by atoms with Crippen molar-refractivity contribution in [1.29, 1.82) is 0 Å². The standard InChI is InChI=1S/C18H15Br2N3O/c1-11-5-3-4-6-17(11)23-12(2)14(10-21-23)18(24)22-16-8-7-13(19)9-15(16)20/h3-10H,1-2H3,(H,22,24). The second-order valence-electron chi connectivity index (χ2n) is 5.42. The van der Waals surface area contributed by atoms with E-state index in [9.17, 15) is 4.79 Å². The Bertz CT molecular complexity index is 918. The lowest BCUT2D eigenvalue weighted by Gasteiger charge is -2.09. The number of benzene rings is 2. The molecule has 0 unspecified atom stereocenters. The molecule has 1 N–H and O–H groups in total. The largest absolute Gasteiger partial charge is 0.321 e. The van der Waals surface area contributed by atoms with Crippen molar-refractivity contribution in [3.05, 3.63) is 74.4 Å². The number of carbonyl (C=O) groups excluding carboxylic acids is 1.